The van der Waals surface area contributed by atoms with E-state index in [1.165, 1.54) is 18.2 Å². The molecule has 0 saturated heterocycles. The predicted molar refractivity (Wildman–Crippen MR) is 75.8 cm³/mol. The maximum Gasteiger partial charge on any atom is 0.187 e. The number of hydrogen-bond acceptors (Lipinski definition) is 1. The molecule has 0 heterocycles. The molecule has 2 aromatic rings. The van der Waals surface area contributed by atoms with Crippen LogP contribution in [0.15, 0.2) is 47.4 Å². The molecule has 0 spiro atoms. The third-order valence-electron chi connectivity index (χ3n) is 2.49. The fourth-order valence-electron chi connectivity index (χ4n) is 1.57. The van der Waals surface area contributed by atoms with E-state index in [9.17, 15) is 13.2 Å². The van der Waals surface area contributed by atoms with Gasteiger partial charge in [-0.2, -0.15) is 0 Å². The van der Waals surface area contributed by atoms with Crippen molar-refractivity contribution in [3.05, 3.63) is 64.4 Å². The molecule has 1 atom stereocenters. The average Bonchev–Trinajstić information content (AvgIpc) is 2.38. The molecule has 0 aliphatic carbocycles. The fraction of sp³-hybridized carbons (Fsp3) is 0. The summed E-state index contributed by atoms with van der Waals surface area (Å²) >= 11 is 3.78. The Morgan fingerprint density at radius 2 is 1.79 bits per heavy atom. The molecule has 2 aromatic carbocycles. The molecule has 5 heteroatoms. The summed E-state index contributed by atoms with van der Waals surface area (Å²) in [6, 6.07) is 10.6. The summed E-state index contributed by atoms with van der Waals surface area (Å²) in [6.07, 6.45) is 3.39. The van der Waals surface area contributed by atoms with E-state index in [0.717, 1.165) is 5.56 Å². The second-order valence-corrected chi connectivity index (χ2v) is 5.19. The SMILES string of the molecule is O=S(O)c1ccc(Cl)cc1C=Cc1ccc(F)cc1. The van der Waals surface area contributed by atoms with Crippen molar-refractivity contribution in [1.29, 1.82) is 0 Å². The Morgan fingerprint density at radius 1 is 1.11 bits per heavy atom. The molecule has 0 aromatic heterocycles. The molecule has 0 radical (unpaired) electrons. The molecule has 98 valence electrons. The molecule has 19 heavy (non-hydrogen) atoms. The van der Waals surface area contributed by atoms with Crippen LogP contribution in [0.5, 0.6) is 0 Å². The van der Waals surface area contributed by atoms with Crippen molar-refractivity contribution < 1.29 is 13.2 Å². The summed E-state index contributed by atoms with van der Waals surface area (Å²) in [4.78, 5) is 0.280. The summed E-state index contributed by atoms with van der Waals surface area (Å²) < 4.78 is 33.1. The van der Waals surface area contributed by atoms with Crippen molar-refractivity contribution in [3.63, 3.8) is 0 Å². The van der Waals surface area contributed by atoms with Crippen LogP contribution in [0.3, 0.4) is 0 Å². The van der Waals surface area contributed by atoms with Crippen molar-refractivity contribution in [2.24, 2.45) is 0 Å². The molecule has 0 bridgehead atoms. The Morgan fingerprint density at radius 3 is 2.42 bits per heavy atom. The van der Waals surface area contributed by atoms with Crippen molar-refractivity contribution >= 4 is 34.8 Å². The third-order valence-corrected chi connectivity index (χ3v) is 3.47. The Hall–Kier alpha value is -1.49. The van der Waals surface area contributed by atoms with Crippen LogP contribution in [0.4, 0.5) is 4.39 Å². The first-order valence-corrected chi connectivity index (χ1v) is 6.89. The molecule has 0 aliphatic rings. The van der Waals surface area contributed by atoms with Gasteiger partial charge in [0.25, 0.3) is 0 Å². The lowest BCUT2D eigenvalue weighted by atomic mass is 10.1. The Balaban J connectivity index is 2.34. The maximum atomic E-state index is 12.8. The van der Waals surface area contributed by atoms with Crippen molar-refractivity contribution in [1.82, 2.24) is 0 Å². The summed E-state index contributed by atoms with van der Waals surface area (Å²) in [5.74, 6) is -0.308. The minimum atomic E-state index is -2.08. The van der Waals surface area contributed by atoms with Gasteiger partial charge in [-0.3, -0.25) is 0 Å². The second-order valence-electron chi connectivity index (χ2n) is 3.82. The van der Waals surface area contributed by atoms with Gasteiger partial charge in [-0.15, -0.1) is 0 Å². The van der Waals surface area contributed by atoms with Crippen LogP contribution in [0, 0.1) is 5.82 Å². The van der Waals surface area contributed by atoms with Gasteiger partial charge >= 0.3 is 0 Å². The standard InChI is InChI=1S/C14H10ClFO2S/c15-12-5-8-14(19(17)18)11(9-12)4-1-10-2-6-13(16)7-3-10/h1-9H,(H,17,18). The molecule has 2 nitrogen and oxygen atoms in total. The highest BCUT2D eigenvalue weighted by Crippen LogP contribution is 2.21. The Bertz CT molecular complexity index is 638. The maximum absolute atomic E-state index is 12.8. The molecule has 0 aliphatic heterocycles. The van der Waals surface area contributed by atoms with Crippen LogP contribution in [0.25, 0.3) is 12.2 Å². The van der Waals surface area contributed by atoms with E-state index in [1.807, 2.05) is 0 Å². The lowest BCUT2D eigenvalue weighted by Crippen LogP contribution is -1.91. The lowest BCUT2D eigenvalue weighted by Gasteiger charge is -2.02. The molecule has 1 N–H and O–H groups in total. The van der Waals surface area contributed by atoms with Crippen LogP contribution in [-0.2, 0) is 11.1 Å². The van der Waals surface area contributed by atoms with E-state index in [1.54, 1.807) is 36.4 Å². The van der Waals surface area contributed by atoms with Crippen LogP contribution < -0.4 is 0 Å². The molecule has 0 amide bonds. The molecule has 1 unspecified atom stereocenters. The quantitative estimate of drug-likeness (QED) is 0.680. The monoisotopic (exact) mass is 296 g/mol. The van der Waals surface area contributed by atoms with Crippen LogP contribution in [-0.4, -0.2) is 8.76 Å². The van der Waals surface area contributed by atoms with Gasteiger partial charge in [-0.25, -0.2) is 8.60 Å². The van der Waals surface area contributed by atoms with Gasteiger partial charge in [-0.05, 0) is 41.5 Å². The fourth-order valence-corrected chi connectivity index (χ4v) is 2.26. The van der Waals surface area contributed by atoms with E-state index in [0.29, 0.717) is 10.6 Å². The molecular formula is C14H10ClFO2S. The van der Waals surface area contributed by atoms with Gasteiger partial charge in [0.15, 0.2) is 11.1 Å². The zero-order chi connectivity index (χ0) is 13.8. The van der Waals surface area contributed by atoms with Crippen molar-refractivity contribution in [3.8, 4) is 0 Å². The summed E-state index contributed by atoms with van der Waals surface area (Å²) in [6.45, 7) is 0. The highest BCUT2D eigenvalue weighted by Gasteiger charge is 2.06. The smallest absolute Gasteiger partial charge is 0.187 e. The number of benzene rings is 2. The van der Waals surface area contributed by atoms with E-state index >= 15 is 0 Å². The first-order valence-electron chi connectivity index (χ1n) is 5.40. The van der Waals surface area contributed by atoms with Gasteiger partial charge in [-0.1, -0.05) is 35.9 Å². The summed E-state index contributed by atoms with van der Waals surface area (Å²) in [7, 11) is 0. The molecular weight excluding hydrogens is 287 g/mol. The first kappa shape index (κ1) is 13.9. The van der Waals surface area contributed by atoms with Crippen LogP contribution in [0.1, 0.15) is 11.1 Å². The molecule has 2 rings (SSSR count). The average molecular weight is 297 g/mol. The van der Waals surface area contributed by atoms with Gasteiger partial charge in [0.1, 0.15) is 5.82 Å². The topological polar surface area (TPSA) is 37.3 Å². The normalized spacial score (nSPS) is 12.8. The second kappa shape index (κ2) is 6.10. The largest absolute Gasteiger partial charge is 0.302 e. The predicted octanol–water partition coefficient (Wildman–Crippen LogP) is 4.23. The third kappa shape index (κ3) is 3.73. The van der Waals surface area contributed by atoms with Crippen LogP contribution in [0.2, 0.25) is 5.02 Å². The van der Waals surface area contributed by atoms with Crippen LogP contribution >= 0.6 is 11.6 Å². The zero-order valence-electron chi connectivity index (χ0n) is 9.72. The van der Waals surface area contributed by atoms with E-state index < -0.39 is 11.1 Å². The summed E-state index contributed by atoms with van der Waals surface area (Å²) in [5.41, 5.74) is 1.34. The highest BCUT2D eigenvalue weighted by molar-refractivity contribution is 7.79. The van der Waals surface area contributed by atoms with Gasteiger partial charge in [0.05, 0.1) is 4.90 Å². The highest BCUT2D eigenvalue weighted by atomic mass is 35.5. The van der Waals surface area contributed by atoms with Gasteiger partial charge < -0.3 is 4.55 Å². The van der Waals surface area contributed by atoms with E-state index in [-0.39, 0.29) is 10.7 Å². The molecule has 0 saturated carbocycles. The zero-order valence-corrected chi connectivity index (χ0v) is 11.3. The number of halogens is 2. The summed E-state index contributed by atoms with van der Waals surface area (Å²) in [5, 5.41) is 0.480. The van der Waals surface area contributed by atoms with Crippen molar-refractivity contribution in [2.45, 2.75) is 4.90 Å². The Kier molecular flexibility index (Phi) is 4.47. The van der Waals surface area contributed by atoms with E-state index in [4.69, 9.17) is 11.6 Å². The van der Waals surface area contributed by atoms with Gasteiger partial charge in [0.2, 0.25) is 0 Å². The van der Waals surface area contributed by atoms with Crippen molar-refractivity contribution in [2.75, 3.05) is 0 Å². The lowest BCUT2D eigenvalue weighted by molar-refractivity contribution is 0.564. The minimum absolute atomic E-state index is 0.280. The number of rotatable bonds is 3. The first-order chi connectivity index (χ1) is 9.06. The van der Waals surface area contributed by atoms with Gasteiger partial charge in [0, 0.05) is 5.02 Å². The molecule has 0 fully saturated rings. The van der Waals surface area contributed by atoms with E-state index in [2.05, 4.69) is 0 Å². The minimum Gasteiger partial charge on any atom is -0.302 e. The Labute approximate surface area is 117 Å². The number of hydrogen-bond donors (Lipinski definition) is 1.